The molecule has 1 unspecified atom stereocenters. The Kier molecular flexibility index (Phi) is 4.67. The molecule has 18 heavy (non-hydrogen) atoms. The van der Waals surface area contributed by atoms with Gasteiger partial charge >= 0.3 is 5.97 Å². The topological polar surface area (TPSA) is 79.3 Å². The van der Waals surface area contributed by atoms with Crippen LogP contribution in [0.5, 0.6) is 0 Å². The van der Waals surface area contributed by atoms with Gasteiger partial charge in [0.15, 0.2) is 0 Å². The number of carbonyl (C=O) groups excluding carboxylic acids is 1. The number of hydrogen-bond acceptors (Lipinski definition) is 3. The highest BCUT2D eigenvalue weighted by atomic mass is 35.5. The van der Waals surface area contributed by atoms with Crippen molar-refractivity contribution in [3.63, 3.8) is 0 Å². The van der Waals surface area contributed by atoms with Crippen molar-refractivity contribution in [2.45, 2.75) is 20.3 Å². The molecular weight excluding hydrogens is 256 g/mol. The molecule has 1 amide bonds. The Morgan fingerprint density at radius 3 is 2.67 bits per heavy atom. The van der Waals surface area contributed by atoms with Gasteiger partial charge in [-0.2, -0.15) is 0 Å². The summed E-state index contributed by atoms with van der Waals surface area (Å²) in [5, 5.41) is 11.9. The minimum absolute atomic E-state index is 0.0475. The van der Waals surface area contributed by atoms with Crippen molar-refractivity contribution < 1.29 is 14.7 Å². The molecule has 0 aliphatic carbocycles. The summed E-state index contributed by atoms with van der Waals surface area (Å²) in [6.45, 7) is 3.39. The number of carbonyl (C=O) groups is 2. The lowest BCUT2D eigenvalue weighted by Gasteiger charge is -2.23. The number of nitrogens with one attached hydrogen (secondary N) is 1. The maximum atomic E-state index is 11.8. The summed E-state index contributed by atoms with van der Waals surface area (Å²) in [5.41, 5.74) is -0.805. The molecule has 5 nitrogen and oxygen atoms in total. The van der Waals surface area contributed by atoms with Crippen molar-refractivity contribution in [1.82, 2.24) is 10.3 Å². The van der Waals surface area contributed by atoms with E-state index in [-0.39, 0.29) is 17.4 Å². The fourth-order valence-electron chi connectivity index (χ4n) is 1.25. The van der Waals surface area contributed by atoms with E-state index in [4.69, 9.17) is 16.7 Å². The van der Waals surface area contributed by atoms with E-state index >= 15 is 0 Å². The molecule has 0 aromatic carbocycles. The Morgan fingerprint density at radius 2 is 2.17 bits per heavy atom. The highest BCUT2D eigenvalue weighted by molar-refractivity contribution is 6.29. The molecule has 98 valence electrons. The van der Waals surface area contributed by atoms with E-state index in [1.54, 1.807) is 26.0 Å². The summed E-state index contributed by atoms with van der Waals surface area (Å²) < 4.78 is 0. The van der Waals surface area contributed by atoms with Gasteiger partial charge in [-0.15, -0.1) is 0 Å². The van der Waals surface area contributed by atoms with Gasteiger partial charge in [-0.1, -0.05) is 24.6 Å². The first-order valence-electron chi connectivity index (χ1n) is 5.53. The highest BCUT2D eigenvalue weighted by Gasteiger charge is 2.31. The Morgan fingerprint density at radius 1 is 1.50 bits per heavy atom. The van der Waals surface area contributed by atoms with E-state index in [0.717, 1.165) is 0 Å². The van der Waals surface area contributed by atoms with Gasteiger partial charge < -0.3 is 10.4 Å². The van der Waals surface area contributed by atoms with Gasteiger partial charge in [-0.05, 0) is 25.5 Å². The number of nitrogens with zero attached hydrogens (tertiary/aromatic N) is 1. The van der Waals surface area contributed by atoms with Crippen molar-refractivity contribution in [3.05, 3.63) is 29.0 Å². The second-order valence-electron chi connectivity index (χ2n) is 4.25. The molecule has 6 heteroatoms. The van der Waals surface area contributed by atoms with E-state index in [0.29, 0.717) is 6.42 Å². The Balaban J connectivity index is 2.69. The van der Waals surface area contributed by atoms with Crippen LogP contribution in [0.15, 0.2) is 18.2 Å². The second kappa shape index (κ2) is 5.82. The van der Waals surface area contributed by atoms with Gasteiger partial charge in [0.05, 0.1) is 5.41 Å². The third kappa shape index (κ3) is 3.43. The first-order chi connectivity index (χ1) is 8.39. The van der Waals surface area contributed by atoms with Crippen molar-refractivity contribution in [2.75, 3.05) is 6.54 Å². The van der Waals surface area contributed by atoms with E-state index in [1.807, 2.05) is 0 Å². The number of carboxylic acid groups (broad SMARTS) is 1. The zero-order valence-corrected chi connectivity index (χ0v) is 11.0. The van der Waals surface area contributed by atoms with Crippen molar-refractivity contribution in [1.29, 1.82) is 0 Å². The zero-order valence-electron chi connectivity index (χ0n) is 10.2. The van der Waals surface area contributed by atoms with Crippen molar-refractivity contribution >= 4 is 23.5 Å². The van der Waals surface area contributed by atoms with Crippen LogP contribution in [0.2, 0.25) is 5.15 Å². The minimum Gasteiger partial charge on any atom is -0.481 e. The van der Waals surface area contributed by atoms with Crippen LogP contribution in [0, 0.1) is 5.41 Å². The van der Waals surface area contributed by atoms with Crippen LogP contribution in [0.3, 0.4) is 0 Å². The van der Waals surface area contributed by atoms with Crippen molar-refractivity contribution in [2.24, 2.45) is 5.41 Å². The van der Waals surface area contributed by atoms with Crippen LogP contribution in [0.25, 0.3) is 0 Å². The van der Waals surface area contributed by atoms with Crippen LogP contribution in [0.4, 0.5) is 0 Å². The maximum absolute atomic E-state index is 11.8. The number of amides is 1. The van der Waals surface area contributed by atoms with Gasteiger partial charge in [0.25, 0.3) is 5.91 Å². The number of aliphatic carboxylic acids is 1. The molecule has 0 spiro atoms. The molecule has 1 heterocycles. The fraction of sp³-hybridized carbons (Fsp3) is 0.417. The quantitative estimate of drug-likeness (QED) is 0.802. The summed E-state index contributed by atoms with van der Waals surface area (Å²) in [5.74, 6) is -1.37. The molecule has 1 aromatic heterocycles. The molecule has 0 aliphatic rings. The van der Waals surface area contributed by atoms with Crippen LogP contribution < -0.4 is 5.32 Å². The molecule has 0 radical (unpaired) electrons. The lowest BCUT2D eigenvalue weighted by atomic mass is 9.88. The Bertz CT molecular complexity index is 464. The largest absolute Gasteiger partial charge is 0.481 e. The minimum atomic E-state index is -0.978. The number of pyridine rings is 1. The van der Waals surface area contributed by atoms with Gasteiger partial charge in [0.2, 0.25) is 0 Å². The number of rotatable bonds is 5. The third-order valence-corrected chi connectivity index (χ3v) is 3.09. The van der Waals surface area contributed by atoms with Crippen LogP contribution in [0.1, 0.15) is 30.8 Å². The lowest BCUT2D eigenvalue weighted by molar-refractivity contribution is -0.147. The van der Waals surface area contributed by atoms with E-state index in [2.05, 4.69) is 10.3 Å². The standard InChI is InChI=1S/C12H15ClN2O3/c1-3-12(2,11(17)18)7-14-10(16)8-5-4-6-9(13)15-8/h4-6H,3,7H2,1-2H3,(H,14,16)(H,17,18). The summed E-state index contributed by atoms with van der Waals surface area (Å²) >= 11 is 5.67. The summed E-state index contributed by atoms with van der Waals surface area (Å²) in [6.07, 6.45) is 0.422. The second-order valence-corrected chi connectivity index (χ2v) is 4.63. The Labute approximate surface area is 110 Å². The summed E-state index contributed by atoms with van der Waals surface area (Å²) in [4.78, 5) is 26.7. The monoisotopic (exact) mass is 270 g/mol. The van der Waals surface area contributed by atoms with Crippen LogP contribution in [-0.4, -0.2) is 28.5 Å². The molecule has 2 N–H and O–H groups in total. The maximum Gasteiger partial charge on any atom is 0.311 e. The van der Waals surface area contributed by atoms with Gasteiger partial charge in [-0.3, -0.25) is 9.59 Å². The van der Waals surface area contributed by atoms with Gasteiger partial charge in [0.1, 0.15) is 10.8 Å². The number of carboxylic acids is 1. The van der Waals surface area contributed by atoms with E-state index in [1.165, 1.54) is 6.07 Å². The normalized spacial score (nSPS) is 13.7. The molecule has 0 saturated carbocycles. The predicted molar refractivity (Wildman–Crippen MR) is 67.6 cm³/mol. The molecule has 0 fully saturated rings. The van der Waals surface area contributed by atoms with E-state index in [9.17, 15) is 9.59 Å². The van der Waals surface area contributed by atoms with Crippen molar-refractivity contribution in [3.8, 4) is 0 Å². The van der Waals surface area contributed by atoms with Gasteiger partial charge in [-0.25, -0.2) is 4.98 Å². The van der Waals surface area contributed by atoms with Gasteiger partial charge in [0, 0.05) is 6.54 Å². The SMILES string of the molecule is CCC(C)(CNC(=O)c1cccc(Cl)n1)C(=O)O. The average molecular weight is 271 g/mol. The first kappa shape index (κ1) is 14.4. The average Bonchev–Trinajstić information content (AvgIpc) is 2.35. The lowest BCUT2D eigenvalue weighted by Crippen LogP contribution is -2.40. The molecule has 1 rings (SSSR count). The first-order valence-corrected chi connectivity index (χ1v) is 5.91. The molecule has 1 aromatic rings. The fourth-order valence-corrected chi connectivity index (χ4v) is 1.42. The molecule has 0 aliphatic heterocycles. The highest BCUT2D eigenvalue weighted by Crippen LogP contribution is 2.20. The number of hydrogen-bond donors (Lipinski definition) is 2. The molecular formula is C12H15ClN2O3. The molecule has 0 bridgehead atoms. The smallest absolute Gasteiger partial charge is 0.311 e. The summed E-state index contributed by atoms with van der Waals surface area (Å²) in [6, 6.07) is 4.69. The van der Waals surface area contributed by atoms with Crippen LogP contribution >= 0.6 is 11.6 Å². The van der Waals surface area contributed by atoms with E-state index < -0.39 is 17.3 Å². The Hall–Kier alpha value is -1.62. The third-order valence-electron chi connectivity index (χ3n) is 2.88. The van der Waals surface area contributed by atoms with Crippen LogP contribution in [-0.2, 0) is 4.79 Å². The number of aromatic nitrogens is 1. The summed E-state index contributed by atoms with van der Waals surface area (Å²) in [7, 11) is 0. The number of halogens is 1. The predicted octanol–water partition coefficient (Wildman–Crippen LogP) is 1.97. The molecule has 0 saturated heterocycles. The zero-order chi connectivity index (χ0) is 13.8. The molecule has 1 atom stereocenters.